The van der Waals surface area contributed by atoms with Crippen molar-refractivity contribution in [3.8, 4) is 0 Å². The van der Waals surface area contributed by atoms with Crippen LogP contribution in [-0.2, 0) is 0 Å². The molecule has 0 radical (unpaired) electrons. The lowest BCUT2D eigenvalue weighted by molar-refractivity contribution is 0.0910. The Kier molecular flexibility index (Phi) is 3.71. The molecule has 5 heteroatoms. The van der Waals surface area contributed by atoms with Gasteiger partial charge in [0.25, 0.3) is 5.91 Å². The number of amides is 1. The zero-order chi connectivity index (χ0) is 11.7. The Hall–Kier alpha value is -0.330. The van der Waals surface area contributed by atoms with E-state index in [1.807, 2.05) is 6.07 Å². The number of nitrogens with one attached hydrogen (secondary N) is 1. The van der Waals surface area contributed by atoms with Crippen LogP contribution in [0.4, 0.5) is 0 Å². The summed E-state index contributed by atoms with van der Waals surface area (Å²) in [6.07, 6.45) is 1.73. The maximum absolute atomic E-state index is 11.8. The molecule has 2 rings (SSSR count). The standard InChI is InChI=1S/C11H12ClIN2O/c12-9-3-6(1-2-10(9)13)11(16)15-8-4-7(14)5-8/h1-3,7-8H,4-5,14H2,(H,15,16). The number of hydrogen-bond donors (Lipinski definition) is 2. The maximum Gasteiger partial charge on any atom is 0.251 e. The van der Waals surface area contributed by atoms with Gasteiger partial charge in [-0.25, -0.2) is 0 Å². The molecule has 16 heavy (non-hydrogen) atoms. The van der Waals surface area contributed by atoms with Crippen molar-refractivity contribution in [1.29, 1.82) is 0 Å². The molecule has 3 N–H and O–H groups in total. The first-order valence-electron chi connectivity index (χ1n) is 5.08. The average Bonchev–Trinajstić information content (AvgIpc) is 2.19. The van der Waals surface area contributed by atoms with Gasteiger partial charge in [-0.2, -0.15) is 0 Å². The molecule has 3 nitrogen and oxygen atoms in total. The normalized spacial score (nSPS) is 23.7. The Morgan fingerprint density at radius 3 is 2.75 bits per heavy atom. The third-order valence-corrected chi connectivity index (χ3v) is 4.26. The summed E-state index contributed by atoms with van der Waals surface area (Å²) in [6.45, 7) is 0. The number of carbonyl (C=O) groups is 1. The molecule has 1 fully saturated rings. The monoisotopic (exact) mass is 350 g/mol. The fourth-order valence-corrected chi connectivity index (χ4v) is 2.20. The first-order valence-corrected chi connectivity index (χ1v) is 6.53. The maximum atomic E-state index is 11.8. The van der Waals surface area contributed by atoms with Crippen LogP contribution in [0.3, 0.4) is 0 Å². The first kappa shape index (κ1) is 12.1. The summed E-state index contributed by atoms with van der Waals surface area (Å²) in [4.78, 5) is 11.8. The Morgan fingerprint density at radius 2 is 2.19 bits per heavy atom. The first-order chi connectivity index (χ1) is 7.56. The number of carbonyl (C=O) groups excluding carboxylic acids is 1. The van der Waals surface area contributed by atoms with E-state index in [2.05, 4.69) is 27.9 Å². The molecule has 1 aromatic carbocycles. The summed E-state index contributed by atoms with van der Waals surface area (Å²) in [5.41, 5.74) is 6.26. The van der Waals surface area contributed by atoms with Crippen molar-refractivity contribution in [1.82, 2.24) is 5.32 Å². The van der Waals surface area contributed by atoms with Crippen LogP contribution in [0, 0.1) is 3.57 Å². The SMILES string of the molecule is NC1CC(NC(=O)c2ccc(I)c(Cl)c2)C1. The van der Waals surface area contributed by atoms with Gasteiger partial charge in [0.1, 0.15) is 0 Å². The molecule has 0 heterocycles. The second-order valence-corrected chi connectivity index (χ2v) is 5.60. The van der Waals surface area contributed by atoms with E-state index in [-0.39, 0.29) is 18.0 Å². The lowest BCUT2D eigenvalue weighted by Crippen LogP contribution is -2.50. The highest BCUT2D eigenvalue weighted by molar-refractivity contribution is 14.1. The molecule has 0 bridgehead atoms. The van der Waals surface area contributed by atoms with Gasteiger partial charge in [-0.3, -0.25) is 4.79 Å². The van der Waals surface area contributed by atoms with Crippen LogP contribution in [-0.4, -0.2) is 18.0 Å². The van der Waals surface area contributed by atoms with Crippen LogP contribution in [0.5, 0.6) is 0 Å². The Morgan fingerprint density at radius 1 is 1.50 bits per heavy atom. The molecular formula is C11H12ClIN2O. The number of hydrogen-bond acceptors (Lipinski definition) is 2. The second kappa shape index (κ2) is 4.89. The van der Waals surface area contributed by atoms with Gasteiger partial charge >= 0.3 is 0 Å². The summed E-state index contributed by atoms with van der Waals surface area (Å²) in [6, 6.07) is 5.77. The van der Waals surface area contributed by atoms with Crippen molar-refractivity contribution < 1.29 is 4.79 Å². The summed E-state index contributed by atoms with van der Waals surface area (Å²) < 4.78 is 0.946. The summed E-state index contributed by atoms with van der Waals surface area (Å²) in [5.74, 6) is -0.0739. The quantitative estimate of drug-likeness (QED) is 0.803. The van der Waals surface area contributed by atoms with Crippen LogP contribution in [0.1, 0.15) is 23.2 Å². The molecule has 1 aromatic rings. The molecule has 0 atom stereocenters. The molecule has 0 saturated heterocycles. The van der Waals surface area contributed by atoms with E-state index in [0.717, 1.165) is 16.4 Å². The summed E-state index contributed by atoms with van der Waals surface area (Å²) >= 11 is 8.09. The van der Waals surface area contributed by atoms with Crippen LogP contribution in [0.25, 0.3) is 0 Å². The third kappa shape index (κ3) is 2.67. The van der Waals surface area contributed by atoms with Gasteiger partial charge in [0.15, 0.2) is 0 Å². The van der Waals surface area contributed by atoms with Crippen molar-refractivity contribution in [2.24, 2.45) is 5.73 Å². The second-order valence-electron chi connectivity index (χ2n) is 4.03. The topological polar surface area (TPSA) is 55.1 Å². The molecule has 1 saturated carbocycles. The van der Waals surface area contributed by atoms with E-state index >= 15 is 0 Å². The molecule has 86 valence electrons. The lowest BCUT2D eigenvalue weighted by Gasteiger charge is -2.32. The van der Waals surface area contributed by atoms with Gasteiger partial charge in [-0.1, -0.05) is 11.6 Å². The highest BCUT2D eigenvalue weighted by Crippen LogP contribution is 2.21. The minimum Gasteiger partial charge on any atom is -0.349 e. The van der Waals surface area contributed by atoms with E-state index in [1.165, 1.54) is 0 Å². The van der Waals surface area contributed by atoms with Crippen molar-refractivity contribution in [2.45, 2.75) is 24.9 Å². The van der Waals surface area contributed by atoms with E-state index in [9.17, 15) is 4.79 Å². The van der Waals surface area contributed by atoms with Crippen molar-refractivity contribution >= 4 is 40.1 Å². The van der Waals surface area contributed by atoms with Gasteiger partial charge in [-0.05, 0) is 53.6 Å². The van der Waals surface area contributed by atoms with Gasteiger partial charge in [-0.15, -0.1) is 0 Å². The Labute approximate surface area is 113 Å². The predicted molar refractivity (Wildman–Crippen MR) is 72.6 cm³/mol. The number of halogens is 2. The molecule has 1 aliphatic carbocycles. The Balaban J connectivity index is 2.01. The van der Waals surface area contributed by atoms with E-state index in [0.29, 0.717) is 10.6 Å². The van der Waals surface area contributed by atoms with Gasteiger partial charge < -0.3 is 11.1 Å². The number of benzene rings is 1. The zero-order valence-electron chi connectivity index (χ0n) is 8.54. The van der Waals surface area contributed by atoms with Crippen molar-refractivity contribution in [3.05, 3.63) is 32.4 Å². The van der Waals surface area contributed by atoms with Crippen LogP contribution in [0.15, 0.2) is 18.2 Å². The summed E-state index contributed by atoms with van der Waals surface area (Å²) in [7, 11) is 0. The zero-order valence-corrected chi connectivity index (χ0v) is 11.5. The van der Waals surface area contributed by atoms with Crippen molar-refractivity contribution in [3.63, 3.8) is 0 Å². The van der Waals surface area contributed by atoms with Crippen molar-refractivity contribution in [2.75, 3.05) is 0 Å². The number of nitrogens with two attached hydrogens (primary N) is 1. The molecule has 1 aliphatic rings. The summed E-state index contributed by atoms with van der Waals surface area (Å²) in [5, 5.41) is 3.54. The lowest BCUT2D eigenvalue weighted by atomic mass is 9.87. The van der Waals surface area contributed by atoms with E-state index in [4.69, 9.17) is 17.3 Å². The van der Waals surface area contributed by atoms with Crippen LogP contribution < -0.4 is 11.1 Å². The van der Waals surface area contributed by atoms with Crippen LogP contribution in [0.2, 0.25) is 5.02 Å². The Bertz CT molecular complexity index is 418. The molecule has 0 spiro atoms. The highest BCUT2D eigenvalue weighted by atomic mass is 127. The fraction of sp³-hybridized carbons (Fsp3) is 0.364. The van der Waals surface area contributed by atoms with Gasteiger partial charge in [0.05, 0.1) is 5.02 Å². The molecular weight excluding hydrogens is 338 g/mol. The molecule has 0 unspecified atom stereocenters. The van der Waals surface area contributed by atoms with E-state index in [1.54, 1.807) is 12.1 Å². The van der Waals surface area contributed by atoms with Gasteiger partial charge in [0, 0.05) is 21.2 Å². The van der Waals surface area contributed by atoms with E-state index < -0.39 is 0 Å². The number of rotatable bonds is 2. The smallest absolute Gasteiger partial charge is 0.251 e. The minimum atomic E-state index is -0.0739. The highest BCUT2D eigenvalue weighted by Gasteiger charge is 2.27. The molecule has 1 amide bonds. The third-order valence-electron chi connectivity index (χ3n) is 2.69. The van der Waals surface area contributed by atoms with Gasteiger partial charge in [0.2, 0.25) is 0 Å². The minimum absolute atomic E-state index is 0.0739. The molecule has 0 aromatic heterocycles. The van der Waals surface area contributed by atoms with Crippen LogP contribution >= 0.6 is 34.2 Å². The predicted octanol–water partition coefficient (Wildman–Crippen LogP) is 2.16. The molecule has 0 aliphatic heterocycles. The fourth-order valence-electron chi connectivity index (χ4n) is 1.69. The largest absolute Gasteiger partial charge is 0.349 e. The average molecular weight is 351 g/mol.